The van der Waals surface area contributed by atoms with E-state index in [2.05, 4.69) is 13.8 Å². The van der Waals surface area contributed by atoms with Crippen LogP contribution < -0.4 is 29.6 Å². The molecule has 30 heavy (non-hydrogen) atoms. The molecule has 0 aliphatic heterocycles. The van der Waals surface area contributed by atoms with E-state index >= 15 is 0 Å². The Bertz CT molecular complexity index is 442. The topological polar surface area (TPSA) is 77.4 Å². The quantitative estimate of drug-likeness (QED) is 0.151. The van der Waals surface area contributed by atoms with Gasteiger partial charge < -0.3 is 9.66 Å². The summed E-state index contributed by atoms with van der Waals surface area (Å²) in [6.45, 7) is 4.42. The van der Waals surface area contributed by atoms with Gasteiger partial charge in [0.05, 0.1) is 16.2 Å². The van der Waals surface area contributed by atoms with E-state index in [-0.39, 0.29) is 35.7 Å². The van der Waals surface area contributed by atoms with E-state index in [1.165, 1.54) is 70.6 Å². The van der Waals surface area contributed by atoms with Gasteiger partial charge in [0.15, 0.2) is 0 Å². The summed E-state index contributed by atoms with van der Waals surface area (Å²) in [7, 11) is -4.23. The molecule has 0 saturated carbocycles. The Hall–Kier alpha value is 0.870. The molecule has 0 aliphatic rings. The van der Waals surface area contributed by atoms with E-state index < -0.39 is 15.4 Å². The van der Waals surface area contributed by atoms with Gasteiger partial charge >= 0.3 is 29.6 Å². The first kappa shape index (κ1) is 33.0. The van der Waals surface area contributed by atoms with Crippen LogP contribution in [0.1, 0.15) is 142 Å². The monoisotopic (exact) mass is 456 g/mol. The van der Waals surface area contributed by atoms with Crippen LogP contribution in [-0.4, -0.2) is 29.4 Å². The molecule has 4 nitrogen and oxygen atoms in total. The van der Waals surface area contributed by atoms with Gasteiger partial charge in [0.1, 0.15) is 0 Å². The van der Waals surface area contributed by atoms with Crippen LogP contribution in [0, 0.1) is 0 Å². The number of hydrogen-bond donors (Lipinski definition) is 1. The molecule has 0 aromatic rings. The third-order valence-corrected chi connectivity index (χ3v) is 7.28. The van der Waals surface area contributed by atoms with Crippen LogP contribution in [0.4, 0.5) is 0 Å². The van der Waals surface area contributed by atoms with Crippen molar-refractivity contribution in [2.75, 3.05) is 0 Å². The molecule has 2 atom stereocenters. The van der Waals surface area contributed by atoms with Crippen molar-refractivity contribution < 1.29 is 47.6 Å². The molecule has 0 aromatic carbocycles. The Kier molecular flexibility index (Phi) is 25.4. The Morgan fingerprint density at radius 1 is 0.600 bits per heavy atom. The largest absolute Gasteiger partial charge is 1.00 e. The fourth-order valence-corrected chi connectivity index (χ4v) is 4.91. The van der Waals surface area contributed by atoms with Crippen molar-refractivity contribution in [1.29, 1.82) is 0 Å². The summed E-state index contributed by atoms with van der Waals surface area (Å²) in [5, 5.41) is 9.36. The second-order valence-electron chi connectivity index (χ2n) is 8.87. The van der Waals surface area contributed by atoms with Gasteiger partial charge in [0.2, 0.25) is 0 Å². The molecule has 0 bridgehead atoms. The molecule has 0 rings (SSSR count). The maximum atomic E-state index is 11.5. The summed E-state index contributed by atoms with van der Waals surface area (Å²) in [6.07, 6.45) is 20.4. The molecule has 176 valence electrons. The molecule has 0 spiro atoms. The van der Waals surface area contributed by atoms with E-state index in [0.29, 0.717) is 25.7 Å². The number of hydrogen-bond acceptors (Lipinski definition) is 4. The van der Waals surface area contributed by atoms with Gasteiger partial charge in [-0.1, -0.05) is 110 Å². The molecule has 0 aromatic heterocycles. The van der Waals surface area contributed by atoms with Crippen LogP contribution in [-0.2, 0) is 10.1 Å². The molecule has 1 N–H and O–H groups in total. The fourth-order valence-electron chi connectivity index (χ4n) is 4.00. The Morgan fingerprint density at radius 3 is 1.37 bits per heavy atom. The smallest absolute Gasteiger partial charge is 0.748 e. The van der Waals surface area contributed by atoms with Crippen molar-refractivity contribution in [3.05, 3.63) is 0 Å². The summed E-state index contributed by atoms with van der Waals surface area (Å²) < 4.78 is 34.6. The van der Waals surface area contributed by atoms with Crippen molar-refractivity contribution >= 4 is 10.1 Å². The van der Waals surface area contributed by atoms with Crippen molar-refractivity contribution in [1.82, 2.24) is 0 Å². The summed E-state index contributed by atoms with van der Waals surface area (Å²) in [5.74, 6) is 0. The molecule has 0 heterocycles. The third kappa shape index (κ3) is 22.1. The predicted octanol–water partition coefficient (Wildman–Crippen LogP) is 4.11. The van der Waals surface area contributed by atoms with Crippen LogP contribution in [0.2, 0.25) is 0 Å². The minimum Gasteiger partial charge on any atom is -0.748 e. The van der Waals surface area contributed by atoms with Gasteiger partial charge in [-0.3, -0.25) is 0 Å². The third-order valence-electron chi connectivity index (χ3n) is 5.99. The van der Waals surface area contributed by atoms with E-state index in [1.807, 2.05) is 0 Å². The van der Waals surface area contributed by atoms with E-state index in [0.717, 1.165) is 32.1 Å². The van der Waals surface area contributed by atoms with Gasteiger partial charge in [-0.05, 0) is 32.1 Å². The average Bonchev–Trinajstić information content (AvgIpc) is 2.67. The van der Waals surface area contributed by atoms with Crippen LogP contribution >= 0.6 is 0 Å². The number of unbranched alkanes of at least 4 members (excludes halogenated alkanes) is 13. The molecule has 6 heteroatoms. The normalized spacial score (nSPS) is 13.7. The first-order valence-corrected chi connectivity index (χ1v) is 14.0. The zero-order chi connectivity index (χ0) is 21.8. The number of aliphatic hydroxyl groups is 1. The number of rotatable bonds is 22. The maximum absolute atomic E-state index is 11.5. The fraction of sp³-hybridized carbons (Fsp3) is 1.00. The number of aliphatic hydroxyl groups excluding tert-OH is 1. The SMILES string of the molecule is CCCCCCCCCCC(O)CCCC(CCCCCCCCC)S(=O)(=O)[O-].[Na+]. The van der Waals surface area contributed by atoms with Gasteiger partial charge in [-0.2, -0.15) is 0 Å². The van der Waals surface area contributed by atoms with Gasteiger partial charge in [-0.25, -0.2) is 8.42 Å². The molecular weight excluding hydrogens is 407 g/mol. The van der Waals surface area contributed by atoms with Crippen molar-refractivity contribution in [3.8, 4) is 0 Å². The predicted molar refractivity (Wildman–Crippen MR) is 123 cm³/mol. The molecular formula is C24H49NaO4S. The Morgan fingerprint density at radius 2 is 0.933 bits per heavy atom. The van der Waals surface area contributed by atoms with Crippen LogP contribution in [0.5, 0.6) is 0 Å². The van der Waals surface area contributed by atoms with E-state index in [9.17, 15) is 18.1 Å². The average molecular weight is 457 g/mol. The van der Waals surface area contributed by atoms with Crippen LogP contribution in [0.25, 0.3) is 0 Å². The summed E-state index contributed by atoms with van der Waals surface area (Å²) in [6, 6.07) is 0. The summed E-state index contributed by atoms with van der Waals surface area (Å²) >= 11 is 0. The van der Waals surface area contributed by atoms with Gasteiger partial charge in [0.25, 0.3) is 0 Å². The molecule has 2 unspecified atom stereocenters. The first-order valence-electron chi connectivity index (χ1n) is 12.5. The Balaban J connectivity index is 0. The maximum Gasteiger partial charge on any atom is 1.00 e. The Labute approximate surface area is 210 Å². The van der Waals surface area contributed by atoms with Crippen LogP contribution in [0.15, 0.2) is 0 Å². The minimum atomic E-state index is -4.23. The molecule has 0 amide bonds. The minimum absolute atomic E-state index is 0. The van der Waals surface area contributed by atoms with Crippen molar-refractivity contribution in [2.45, 2.75) is 154 Å². The second kappa shape index (κ2) is 23.0. The summed E-state index contributed by atoms with van der Waals surface area (Å²) in [4.78, 5) is 0. The van der Waals surface area contributed by atoms with Crippen molar-refractivity contribution in [3.63, 3.8) is 0 Å². The van der Waals surface area contributed by atoms with Crippen molar-refractivity contribution in [2.24, 2.45) is 0 Å². The zero-order valence-electron chi connectivity index (χ0n) is 20.4. The molecule has 0 saturated heterocycles. The summed E-state index contributed by atoms with van der Waals surface area (Å²) in [5.41, 5.74) is 0. The second-order valence-corrected chi connectivity index (χ2v) is 10.5. The molecule has 0 radical (unpaired) electrons. The van der Waals surface area contributed by atoms with Crippen LogP contribution in [0.3, 0.4) is 0 Å². The van der Waals surface area contributed by atoms with Gasteiger partial charge in [0, 0.05) is 5.25 Å². The molecule has 0 fully saturated rings. The van der Waals surface area contributed by atoms with E-state index in [1.54, 1.807) is 0 Å². The van der Waals surface area contributed by atoms with Gasteiger partial charge in [-0.15, -0.1) is 0 Å². The zero-order valence-corrected chi connectivity index (χ0v) is 23.2. The molecule has 0 aliphatic carbocycles. The standard InChI is InChI=1S/C24H50O4S.Na/c1-3-5-7-9-11-13-14-16-19-23(25)20-18-22-24(29(26,27)28)21-17-15-12-10-8-6-4-2;/h23-25H,3-22H2,1-2H3,(H,26,27,28);/q;+1/p-1. The first-order chi connectivity index (χ1) is 13.9. The van der Waals surface area contributed by atoms with E-state index in [4.69, 9.17) is 0 Å².